The number of anilines is 1. The molecule has 2 aromatic rings. The number of nitrogens with one attached hydrogen (secondary N) is 1. The van der Waals surface area contributed by atoms with Crippen LogP contribution in [0.5, 0.6) is 0 Å². The van der Waals surface area contributed by atoms with Crippen molar-refractivity contribution in [2.24, 2.45) is 5.84 Å². The topological polar surface area (TPSA) is 107 Å². The SMILES string of the molecule is Cc1nc(N)nc(-c2ccc(Cl)cc2)c1C(=O)NN. The number of nitrogens with zero attached hydrogens (tertiary/aromatic N) is 2. The summed E-state index contributed by atoms with van der Waals surface area (Å²) in [4.78, 5) is 19.9. The van der Waals surface area contributed by atoms with Crippen LogP contribution in [-0.2, 0) is 0 Å². The minimum Gasteiger partial charge on any atom is -0.368 e. The number of aryl methyl sites for hydroxylation is 1. The highest BCUT2D eigenvalue weighted by molar-refractivity contribution is 6.30. The molecule has 0 atom stereocenters. The number of carbonyl (C=O) groups is 1. The molecular weight excluding hydrogens is 266 g/mol. The molecule has 1 aromatic carbocycles. The van der Waals surface area contributed by atoms with Crippen molar-refractivity contribution in [2.75, 3.05) is 5.73 Å². The Labute approximate surface area is 114 Å². The number of hydrogen-bond acceptors (Lipinski definition) is 5. The Morgan fingerprint density at radius 2 is 1.89 bits per heavy atom. The van der Waals surface area contributed by atoms with Crippen LogP contribution in [0, 0.1) is 6.92 Å². The van der Waals surface area contributed by atoms with E-state index in [9.17, 15) is 4.79 Å². The fourth-order valence-electron chi connectivity index (χ4n) is 1.76. The normalized spacial score (nSPS) is 10.3. The number of aromatic nitrogens is 2. The molecule has 0 aliphatic heterocycles. The van der Waals surface area contributed by atoms with E-state index in [4.69, 9.17) is 23.2 Å². The number of hydrazine groups is 1. The first-order valence-electron chi connectivity index (χ1n) is 5.44. The zero-order valence-corrected chi connectivity index (χ0v) is 10.9. The van der Waals surface area contributed by atoms with E-state index in [2.05, 4.69) is 15.4 Å². The lowest BCUT2D eigenvalue weighted by Gasteiger charge is -2.11. The Kier molecular flexibility index (Phi) is 3.64. The first-order chi connectivity index (χ1) is 9.02. The van der Waals surface area contributed by atoms with E-state index in [1.54, 1.807) is 31.2 Å². The van der Waals surface area contributed by atoms with Crippen molar-refractivity contribution >= 4 is 23.5 Å². The van der Waals surface area contributed by atoms with Crippen LogP contribution >= 0.6 is 11.6 Å². The van der Waals surface area contributed by atoms with Gasteiger partial charge in [-0.2, -0.15) is 0 Å². The van der Waals surface area contributed by atoms with Crippen LogP contribution in [0.25, 0.3) is 11.3 Å². The van der Waals surface area contributed by atoms with Gasteiger partial charge in [-0.25, -0.2) is 15.8 Å². The number of carbonyl (C=O) groups excluding carboxylic acids is 1. The van der Waals surface area contributed by atoms with Crippen LogP contribution in [0.15, 0.2) is 24.3 Å². The van der Waals surface area contributed by atoms with E-state index >= 15 is 0 Å². The van der Waals surface area contributed by atoms with Gasteiger partial charge < -0.3 is 5.73 Å². The third-order valence-corrected chi connectivity index (χ3v) is 2.84. The summed E-state index contributed by atoms with van der Waals surface area (Å²) in [7, 11) is 0. The number of halogens is 1. The van der Waals surface area contributed by atoms with Crippen LogP contribution in [0.4, 0.5) is 5.95 Å². The highest BCUT2D eigenvalue weighted by Crippen LogP contribution is 2.25. The summed E-state index contributed by atoms with van der Waals surface area (Å²) in [5.74, 6) is 4.80. The second kappa shape index (κ2) is 5.21. The first kappa shape index (κ1) is 13.3. The summed E-state index contributed by atoms with van der Waals surface area (Å²) in [6.07, 6.45) is 0. The molecule has 0 unspecified atom stereocenters. The zero-order chi connectivity index (χ0) is 14.0. The molecule has 98 valence electrons. The molecule has 5 N–H and O–H groups in total. The maximum Gasteiger partial charge on any atom is 0.269 e. The van der Waals surface area contributed by atoms with E-state index in [1.807, 2.05) is 0 Å². The maximum absolute atomic E-state index is 11.8. The summed E-state index contributed by atoms with van der Waals surface area (Å²) >= 11 is 5.83. The molecule has 1 amide bonds. The number of amides is 1. The van der Waals surface area contributed by atoms with Crippen molar-refractivity contribution in [1.29, 1.82) is 0 Å². The van der Waals surface area contributed by atoms with Gasteiger partial charge in [-0.3, -0.25) is 10.2 Å². The molecule has 0 saturated heterocycles. The van der Waals surface area contributed by atoms with Gasteiger partial charge in [0.15, 0.2) is 0 Å². The van der Waals surface area contributed by atoms with Gasteiger partial charge in [-0.05, 0) is 19.1 Å². The molecule has 7 heteroatoms. The first-order valence-corrected chi connectivity index (χ1v) is 5.81. The average molecular weight is 278 g/mol. The lowest BCUT2D eigenvalue weighted by Crippen LogP contribution is -2.31. The molecule has 0 aliphatic rings. The number of rotatable bonds is 2. The second-order valence-electron chi connectivity index (χ2n) is 3.87. The molecule has 1 aromatic heterocycles. The average Bonchev–Trinajstić information content (AvgIpc) is 2.38. The molecule has 19 heavy (non-hydrogen) atoms. The van der Waals surface area contributed by atoms with Crippen molar-refractivity contribution in [3.05, 3.63) is 40.5 Å². The quantitative estimate of drug-likeness (QED) is 0.436. The van der Waals surface area contributed by atoms with Crippen LogP contribution in [0.3, 0.4) is 0 Å². The molecule has 0 bridgehead atoms. The van der Waals surface area contributed by atoms with Gasteiger partial charge >= 0.3 is 0 Å². The predicted octanol–water partition coefficient (Wildman–Crippen LogP) is 1.29. The Bertz CT molecular complexity index is 627. The summed E-state index contributed by atoms with van der Waals surface area (Å²) in [5.41, 5.74) is 9.58. The number of nitrogens with two attached hydrogens (primary N) is 2. The highest BCUT2D eigenvalue weighted by Gasteiger charge is 2.18. The van der Waals surface area contributed by atoms with E-state index < -0.39 is 5.91 Å². The van der Waals surface area contributed by atoms with Crippen LogP contribution in [-0.4, -0.2) is 15.9 Å². The summed E-state index contributed by atoms with van der Waals surface area (Å²) in [5, 5.41) is 0.590. The van der Waals surface area contributed by atoms with Gasteiger partial charge in [0, 0.05) is 10.6 Å². The molecule has 1 heterocycles. The Hall–Kier alpha value is -2.18. The molecule has 0 fully saturated rings. The zero-order valence-electron chi connectivity index (χ0n) is 10.1. The largest absolute Gasteiger partial charge is 0.368 e. The smallest absolute Gasteiger partial charge is 0.269 e. The lowest BCUT2D eigenvalue weighted by molar-refractivity contribution is 0.0953. The summed E-state index contributed by atoms with van der Waals surface area (Å²) in [6, 6.07) is 6.90. The molecule has 6 nitrogen and oxygen atoms in total. The second-order valence-corrected chi connectivity index (χ2v) is 4.31. The van der Waals surface area contributed by atoms with Gasteiger partial charge in [-0.15, -0.1) is 0 Å². The van der Waals surface area contributed by atoms with E-state index in [-0.39, 0.29) is 5.95 Å². The minimum absolute atomic E-state index is 0.0935. The van der Waals surface area contributed by atoms with E-state index in [1.165, 1.54) is 0 Å². The third kappa shape index (κ3) is 2.64. The molecule has 0 aliphatic carbocycles. The monoisotopic (exact) mass is 277 g/mol. The van der Waals surface area contributed by atoms with E-state index in [0.29, 0.717) is 27.5 Å². The Morgan fingerprint density at radius 1 is 1.26 bits per heavy atom. The van der Waals surface area contributed by atoms with Gasteiger partial charge in [0.2, 0.25) is 5.95 Å². The number of hydrogen-bond donors (Lipinski definition) is 3. The van der Waals surface area contributed by atoms with Crippen molar-refractivity contribution in [3.63, 3.8) is 0 Å². The highest BCUT2D eigenvalue weighted by atomic mass is 35.5. The molecular formula is C12H12ClN5O. The van der Waals surface area contributed by atoms with Gasteiger partial charge in [0.1, 0.15) is 0 Å². The summed E-state index contributed by atoms with van der Waals surface area (Å²) in [6.45, 7) is 1.67. The van der Waals surface area contributed by atoms with Gasteiger partial charge in [-0.1, -0.05) is 23.7 Å². The molecule has 0 saturated carbocycles. The van der Waals surface area contributed by atoms with Crippen molar-refractivity contribution in [1.82, 2.24) is 15.4 Å². The molecule has 2 rings (SSSR count). The minimum atomic E-state index is -0.470. The van der Waals surface area contributed by atoms with Crippen molar-refractivity contribution in [3.8, 4) is 11.3 Å². The lowest BCUT2D eigenvalue weighted by atomic mass is 10.0. The van der Waals surface area contributed by atoms with Gasteiger partial charge in [0.25, 0.3) is 5.91 Å². The fraction of sp³-hybridized carbons (Fsp3) is 0.0833. The maximum atomic E-state index is 11.8. The van der Waals surface area contributed by atoms with Crippen LogP contribution in [0.2, 0.25) is 5.02 Å². The molecule has 0 radical (unpaired) electrons. The van der Waals surface area contributed by atoms with Crippen molar-refractivity contribution in [2.45, 2.75) is 6.92 Å². The Balaban J connectivity index is 2.67. The number of benzene rings is 1. The summed E-state index contributed by atoms with van der Waals surface area (Å²) < 4.78 is 0. The third-order valence-electron chi connectivity index (χ3n) is 2.58. The molecule has 0 spiro atoms. The van der Waals surface area contributed by atoms with Crippen LogP contribution in [0.1, 0.15) is 16.1 Å². The van der Waals surface area contributed by atoms with E-state index in [0.717, 1.165) is 0 Å². The fourth-order valence-corrected chi connectivity index (χ4v) is 1.88. The standard InChI is InChI=1S/C12H12ClN5O/c1-6-9(11(19)18-15)10(17-12(14)16-6)7-2-4-8(13)5-3-7/h2-5H,15H2,1H3,(H,18,19)(H2,14,16,17). The van der Waals surface area contributed by atoms with Gasteiger partial charge in [0.05, 0.1) is 17.0 Å². The van der Waals surface area contributed by atoms with Crippen molar-refractivity contribution < 1.29 is 4.79 Å². The predicted molar refractivity (Wildman–Crippen MR) is 73.3 cm³/mol. The number of nitrogen functional groups attached to an aromatic ring is 2. The Morgan fingerprint density at radius 3 is 2.47 bits per heavy atom. The van der Waals surface area contributed by atoms with Crippen LogP contribution < -0.4 is 17.0 Å².